The van der Waals surface area contributed by atoms with E-state index in [4.69, 9.17) is 0 Å². The average molecular weight is 266 g/mol. The summed E-state index contributed by atoms with van der Waals surface area (Å²) < 4.78 is 0. The Morgan fingerprint density at radius 1 is 1.11 bits per heavy atom. The summed E-state index contributed by atoms with van der Waals surface area (Å²) in [5, 5.41) is 3.64. The van der Waals surface area contributed by atoms with Crippen molar-refractivity contribution in [3.8, 4) is 0 Å². The first kappa shape index (κ1) is 15.3. The van der Waals surface area contributed by atoms with E-state index in [1.54, 1.807) is 0 Å². The molecule has 0 aromatic rings. The first-order chi connectivity index (χ1) is 8.97. The van der Waals surface area contributed by atoms with Gasteiger partial charge in [0.1, 0.15) is 0 Å². The summed E-state index contributed by atoms with van der Waals surface area (Å²) >= 11 is 0. The number of fused-ring (bicyclic) bond motifs is 1. The van der Waals surface area contributed by atoms with Crippen molar-refractivity contribution in [1.29, 1.82) is 0 Å². The van der Waals surface area contributed by atoms with Gasteiger partial charge in [0.2, 0.25) is 0 Å². The van der Waals surface area contributed by atoms with E-state index in [0.29, 0.717) is 0 Å². The highest BCUT2D eigenvalue weighted by Crippen LogP contribution is 2.36. The predicted octanol–water partition coefficient (Wildman–Crippen LogP) is 3.81. The third kappa shape index (κ3) is 4.46. The van der Waals surface area contributed by atoms with Gasteiger partial charge >= 0.3 is 0 Å². The minimum absolute atomic E-state index is 0.259. The fourth-order valence-corrected chi connectivity index (χ4v) is 4.03. The first-order valence-electron chi connectivity index (χ1n) is 8.48. The molecule has 1 saturated carbocycles. The molecule has 0 aromatic carbocycles. The fourth-order valence-electron chi connectivity index (χ4n) is 4.03. The van der Waals surface area contributed by atoms with E-state index in [2.05, 4.69) is 37.9 Å². The SMILES string of the molecule is CC(CCNC(C)(C)C)N1CCC[C@H]2CCCC[C@H]21. The number of nitrogens with one attached hydrogen (secondary N) is 1. The molecule has 1 aliphatic heterocycles. The average Bonchev–Trinajstić information content (AvgIpc) is 2.36. The van der Waals surface area contributed by atoms with E-state index >= 15 is 0 Å². The third-order valence-electron chi connectivity index (χ3n) is 5.07. The monoisotopic (exact) mass is 266 g/mol. The maximum Gasteiger partial charge on any atom is 0.0126 e. The molecular weight excluding hydrogens is 232 g/mol. The number of rotatable bonds is 4. The predicted molar refractivity (Wildman–Crippen MR) is 83.5 cm³/mol. The molecule has 2 nitrogen and oxygen atoms in total. The van der Waals surface area contributed by atoms with Crippen LogP contribution in [0.1, 0.15) is 72.6 Å². The number of likely N-dealkylation sites (tertiary alicyclic amines) is 1. The maximum atomic E-state index is 3.64. The van der Waals surface area contributed by atoms with Crippen molar-refractivity contribution in [2.75, 3.05) is 13.1 Å². The van der Waals surface area contributed by atoms with E-state index in [1.165, 1.54) is 51.5 Å². The Kier molecular flexibility index (Phi) is 5.30. The summed E-state index contributed by atoms with van der Waals surface area (Å²) in [4.78, 5) is 2.84. The van der Waals surface area contributed by atoms with Gasteiger partial charge in [0.25, 0.3) is 0 Å². The normalized spacial score (nSPS) is 30.9. The van der Waals surface area contributed by atoms with Crippen LogP contribution >= 0.6 is 0 Å². The molecule has 19 heavy (non-hydrogen) atoms. The van der Waals surface area contributed by atoms with Gasteiger partial charge in [-0.15, -0.1) is 0 Å². The van der Waals surface area contributed by atoms with Crippen LogP contribution in [-0.2, 0) is 0 Å². The van der Waals surface area contributed by atoms with Crippen LogP contribution in [0, 0.1) is 5.92 Å². The molecule has 0 radical (unpaired) electrons. The second-order valence-electron chi connectivity index (χ2n) is 7.81. The summed E-state index contributed by atoms with van der Waals surface area (Å²) in [6.45, 7) is 11.7. The first-order valence-corrected chi connectivity index (χ1v) is 8.48. The number of hydrogen-bond donors (Lipinski definition) is 1. The lowest BCUT2D eigenvalue weighted by Gasteiger charge is -2.47. The highest BCUT2D eigenvalue weighted by Gasteiger charge is 2.35. The molecule has 2 rings (SSSR count). The molecular formula is C17H34N2. The van der Waals surface area contributed by atoms with Gasteiger partial charge in [0, 0.05) is 17.6 Å². The summed E-state index contributed by atoms with van der Waals surface area (Å²) in [6.07, 6.45) is 10.1. The number of piperidine rings is 1. The zero-order chi connectivity index (χ0) is 13.9. The van der Waals surface area contributed by atoms with Gasteiger partial charge in [-0.05, 0) is 78.8 Å². The van der Waals surface area contributed by atoms with Crippen LogP contribution in [0.4, 0.5) is 0 Å². The van der Waals surface area contributed by atoms with Gasteiger partial charge in [-0.2, -0.15) is 0 Å². The molecule has 0 aromatic heterocycles. The van der Waals surface area contributed by atoms with Crippen molar-refractivity contribution in [3.05, 3.63) is 0 Å². The smallest absolute Gasteiger partial charge is 0.0126 e. The molecule has 1 unspecified atom stereocenters. The van der Waals surface area contributed by atoms with Crippen molar-refractivity contribution >= 4 is 0 Å². The minimum atomic E-state index is 0.259. The molecule has 1 N–H and O–H groups in total. The van der Waals surface area contributed by atoms with Crippen molar-refractivity contribution < 1.29 is 0 Å². The van der Waals surface area contributed by atoms with Gasteiger partial charge in [-0.3, -0.25) is 4.90 Å². The maximum absolute atomic E-state index is 3.64. The van der Waals surface area contributed by atoms with E-state index in [1.807, 2.05) is 0 Å². The molecule has 2 fully saturated rings. The molecule has 3 atom stereocenters. The van der Waals surface area contributed by atoms with Crippen molar-refractivity contribution in [3.63, 3.8) is 0 Å². The molecule has 1 heterocycles. The standard InChI is InChI=1S/C17H34N2/c1-14(11-12-18-17(2,3)4)19-13-7-9-15-8-5-6-10-16(15)19/h14-16,18H,5-13H2,1-4H3/t14?,15-,16-/m1/s1. The lowest BCUT2D eigenvalue weighted by atomic mass is 9.77. The molecule has 1 saturated heterocycles. The summed E-state index contributed by atoms with van der Waals surface area (Å²) in [7, 11) is 0. The van der Waals surface area contributed by atoms with Crippen LogP contribution in [0.25, 0.3) is 0 Å². The molecule has 1 aliphatic carbocycles. The van der Waals surface area contributed by atoms with Crippen LogP contribution in [0.2, 0.25) is 0 Å². The second kappa shape index (κ2) is 6.58. The third-order valence-corrected chi connectivity index (χ3v) is 5.07. The van der Waals surface area contributed by atoms with Crippen LogP contribution < -0.4 is 5.32 Å². The molecule has 0 bridgehead atoms. The Bertz CT molecular complexity index is 267. The Hall–Kier alpha value is -0.0800. The number of nitrogens with zero attached hydrogens (tertiary/aromatic N) is 1. The zero-order valence-corrected chi connectivity index (χ0v) is 13.5. The number of hydrogen-bond acceptors (Lipinski definition) is 2. The fraction of sp³-hybridized carbons (Fsp3) is 1.00. The molecule has 0 amide bonds. The molecule has 2 heteroatoms. The van der Waals surface area contributed by atoms with Gasteiger partial charge < -0.3 is 5.32 Å². The van der Waals surface area contributed by atoms with Gasteiger partial charge in [0.05, 0.1) is 0 Å². The molecule has 0 spiro atoms. The zero-order valence-electron chi connectivity index (χ0n) is 13.5. The lowest BCUT2D eigenvalue weighted by molar-refractivity contribution is 0.0284. The molecule has 2 aliphatic rings. The summed E-state index contributed by atoms with van der Waals surface area (Å²) in [5.41, 5.74) is 0.259. The van der Waals surface area contributed by atoms with Crippen LogP contribution in [0.15, 0.2) is 0 Å². The Balaban J connectivity index is 1.81. The molecule has 112 valence electrons. The quantitative estimate of drug-likeness (QED) is 0.832. The Morgan fingerprint density at radius 3 is 2.53 bits per heavy atom. The van der Waals surface area contributed by atoms with E-state index in [-0.39, 0.29) is 5.54 Å². The minimum Gasteiger partial charge on any atom is -0.312 e. The van der Waals surface area contributed by atoms with Crippen LogP contribution in [0.5, 0.6) is 0 Å². The van der Waals surface area contributed by atoms with Gasteiger partial charge in [-0.1, -0.05) is 12.8 Å². The topological polar surface area (TPSA) is 15.3 Å². The second-order valence-corrected chi connectivity index (χ2v) is 7.81. The van der Waals surface area contributed by atoms with Gasteiger partial charge in [-0.25, -0.2) is 0 Å². The Labute approximate surface area is 120 Å². The van der Waals surface area contributed by atoms with E-state index in [9.17, 15) is 0 Å². The van der Waals surface area contributed by atoms with Crippen LogP contribution in [0.3, 0.4) is 0 Å². The Morgan fingerprint density at radius 2 is 1.79 bits per heavy atom. The van der Waals surface area contributed by atoms with Crippen molar-refractivity contribution in [2.24, 2.45) is 5.92 Å². The lowest BCUT2D eigenvalue weighted by Crippen LogP contribution is -2.51. The highest BCUT2D eigenvalue weighted by atomic mass is 15.2. The summed E-state index contributed by atoms with van der Waals surface area (Å²) in [6, 6.07) is 1.66. The van der Waals surface area contributed by atoms with E-state index < -0.39 is 0 Å². The van der Waals surface area contributed by atoms with Gasteiger partial charge in [0.15, 0.2) is 0 Å². The highest BCUT2D eigenvalue weighted by molar-refractivity contribution is 4.89. The summed E-state index contributed by atoms with van der Waals surface area (Å²) in [5.74, 6) is 1.01. The van der Waals surface area contributed by atoms with Crippen LogP contribution in [-0.4, -0.2) is 35.6 Å². The van der Waals surface area contributed by atoms with Crippen molar-refractivity contribution in [1.82, 2.24) is 10.2 Å². The largest absolute Gasteiger partial charge is 0.312 e. The van der Waals surface area contributed by atoms with Crippen molar-refractivity contribution in [2.45, 2.75) is 90.3 Å². The van der Waals surface area contributed by atoms with E-state index in [0.717, 1.165) is 24.5 Å².